The van der Waals surface area contributed by atoms with Crippen molar-refractivity contribution in [2.75, 3.05) is 11.4 Å². The third-order valence-corrected chi connectivity index (χ3v) is 5.13. The molecular formula is C22H22N4O3S. The van der Waals surface area contributed by atoms with E-state index in [1.54, 1.807) is 11.8 Å². The van der Waals surface area contributed by atoms with E-state index < -0.39 is 5.25 Å². The minimum atomic E-state index is -0.463. The molecule has 3 aromatic rings. The zero-order valence-electron chi connectivity index (χ0n) is 16.8. The third kappa shape index (κ3) is 5.84. The Balaban J connectivity index is 1.61. The van der Waals surface area contributed by atoms with Crippen molar-refractivity contribution in [3.8, 4) is 11.8 Å². The SMILES string of the molecule is Cc1cccc(OCc2nnc(SC(C)C(=O)N(CCC#N)c3ccccc3)o2)c1. The molecule has 0 fully saturated rings. The Kier molecular flexibility index (Phi) is 7.46. The molecule has 154 valence electrons. The predicted octanol–water partition coefficient (Wildman–Crippen LogP) is 4.38. The number of rotatable bonds is 9. The van der Waals surface area contributed by atoms with Crippen molar-refractivity contribution in [1.29, 1.82) is 5.26 Å². The number of anilines is 1. The van der Waals surface area contributed by atoms with Gasteiger partial charge in [-0.3, -0.25) is 4.79 Å². The minimum absolute atomic E-state index is 0.128. The summed E-state index contributed by atoms with van der Waals surface area (Å²) in [6.45, 7) is 4.24. The van der Waals surface area contributed by atoms with Crippen LogP contribution in [0.5, 0.6) is 5.75 Å². The second kappa shape index (κ2) is 10.5. The molecule has 0 aliphatic heterocycles. The summed E-state index contributed by atoms with van der Waals surface area (Å²) in [5.74, 6) is 0.933. The average molecular weight is 423 g/mol. The van der Waals surface area contributed by atoms with Crippen LogP contribution in [-0.2, 0) is 11.4 Å². The number of hydrogen-bond donors (Lipinski definition) is 0. The zero-order chi connectivity index (χ0) is 21.3. The predicted molar refractivity (Wildman–Crippen MR) is 114 cm³/mol. The fraction of sp³-hybridized carbons (Fsp3) is 0.273. The molecule has 1 amide bonds. The van der Waals surface area contributed by atoms with E-state index in [0.717, 1.165) is 17.0 Å². The first-order valence-corrected chi connectivity index (χ1v) is 10.4. The molecule has 30 heavy (non-hydrogen) atoms. The highest BCUT2D eigenvalue weighted by Crippen LogP contribution is 2.26. The molecule has 0 spiro atoms. The Morgan fingerprint density at radius 3 is 2.77 bits per heavy atom. The minimum Gasteiger partial charge on any atom is -0.484 e. The summed E-state index contributed by atoms with van der Waals surface area (Å²) < 4.78 is 11.3. The van der Waals surface area contributed by atoms with Gasteiger partial charge in [0.2, 0.25) is 5.91 Å². The summed E-state index contributed by atoms with van der Waals surface area (Å²) in [6.07, 6.45) is 0.249. The first-order valence-electron chi connectivity index (χ1n) is 9.48. The molecule has 0 saturated heterocycles. The second-order valence-corrected chi connectivity index (χ2v) is 7.85. The van der Waals surface area contributed by atoms with Crippen molar-refractivity contribution in [1.82, 2.24) is 10.2 Å². The van der Waals surface area contributed by atoms with Crippen LogP contribution in [0, 0.1) is 18.3 Å². The number of para-hydroxylation sites is 1. The maximum absolute atomic E-state index is 13.0. The number of nitrogens with zero attached hydrogens (tertiary/aromatic N) is 4. The number of nitriles is 1. The van der Waals surface area contributed by atoms with Gasteiger partial charge in [0.15, 0.2) is 6.61 Å². The average Bonchev–Trinajstić information content (AvgIpc) is 3.20. The van der Waals surface area contributed by atoms with E-state index in [9.17, 15) is 4.79 Å². The van der Waals surface area contributed by atoms with Gasteiger partial charge in [-0.1, -0.05) is 42.1 Å². The number of aryl methyl sites for hydroxylation is 1. The van der Waals surface area contributed by atoms with Crippen LogP contribution in [-0.4, -0.2) is 27.9 Å². The molecule has 0 aliphatic carbocycles. The van der Waals surface area contributed by atoms with E-state index in [1.165, 1.54) is 11.8 Å². The van der Waals surface area contributed by atoms with Gasteiger partial charge in [0, 0.05) is 12.2 Å². The Bertz CT molecular complexity index is 1020. The number of hydrogen-bond acceptors (Lipinski definition) is 7. The van der Waals surface area contributed by atoms with Crippen LogP contribution in [0.4, 0.5) is 5.69 Å². The van der Waals surface area contributed by atoms with Crippen LogP contribution in [0.2, 0.25) is 0 Å². The Morgan fingerprint density at radius 1 is 1.23 bits per heavy atom. The van der Waals surface area contributed by atoms with Crippen LogP contribution >= 0.6 is 11.8 Å². The summed E-state index contributed by atoms with van der Waals surface area (Å²) in [7, 11) is 0. The lowest BCUT2D eigenvalue weighted by Crippen LogP contribution is -2.37. The zero-order valence-corrected chi connectivity index (χ0v) is 17.6. The lowest BCUT2D eigenvalue weighted by Gasteiger charge is -2.24. The van der Waals surface area contributed by atoms with Gasteiger partial charge in [0.25, 0.3) is 11.1 Å². The van der Waals surface area contributed by atoms with Gasteiger partial charge in [0.05, 0.1) is 17.7 Å². The summed E-state index contributed by atoms with van der Waals surface area (Å²) in [5, 5.41) is 16.8. The summed E-state index contributed by atoms with van der Waals surface area (Å²) in [5.41, 5.74) is 1.85. The van der Waals surface area contributed by atoms with Crippen molar-refractivity contribution in [3.05, 3.63) is 66.1 Å². The molecule has 0 N–H and O–H groups in total. The number of ether oxygens (including phenoxy) is 1. The van der Waals surface area contributed by atoms with E-state index >= 15 is 0 Å². The molecule has 2 aromatic carbocycles. The molecule has 1 heterocycles. The topological polar surface area (TPSA) is 92.3 Å². The van der Waals surface area contributed by atoms with Crippen LogP contribution in [0.1, 0.15) is 24.8 Å². The Morgan fingerprint density at radius 2 is 2.03 bits per heavy atom. The van der Waals surface area contributed by atoms with Crippen molar-refractivity contribution >= 4 is 23.4 Å². The number of thioether (sulfide) groups is 1. The maximum atomic E-state index is 13.0. The second-order valence-electron chi connectivity index (χ2n) is 6.56. The highest BCUT2D eigenvalue weighted by molar-refractivity contribution is 8.00. The highest BCUT2D eigenvalue weighted by atomic mass is 32.2. The number of aromatic nitrogens is 2. The molecule has 8 heteroatoms. The van der Waals surface area contributed by atoms with Gasteiger partial charge >= 0.3 is 0 Å². The fourth-order valence-electron chi connectivity index (χ4n) is 2.75. The van der Waals surface area contributed by atoms with Gasteiger partial charge in [0.1, 0.15) is 5.75 Å². The van der Waals surface area contributed by atoms with Crippen LogP contribution in [0.15, 0.2) is 64.2 Å². The van der Waals surface area contributed by atoms with E-state index in [-0.39, 0.29) is 18.9 Å². The number of amides is 1. The lowest BCUT2D eigenvalue weighted by atomic mass is 10.2. The first-order chi connectivity index (χ1) is 14.6. The molecule has 1 atom stereocenters. The largest absolute Gasteiger partial charge is 0.484 e. The molecule has 0 saturated carbocycles. The molecule has 1 aromatic heterocycles. The molecule has 0 radical (unpaired) electrons. The van der Waals surface area contributed by atoms with Crippen molar-refractivity contribution in [2.24, 2.45) is 0 Å². The van der Waals surface area contributed by atoms with Crippen molar-refractivity contribution < 1.29 is 13.9 Å². The van der Waals surface area contributed by atoms with Crippen LogP contribution < -0.4 is 9.64 Å². The van der Waals surface area contributed by atoms with Gasteiger partial charge in [-0.05, 0) is 43.7 Å². The Hall–Kier alpha value is -3.31. The number of carbonyl (C=O) groups is 1. The number of benzene rings is 2. The molecule has 7 nitrogen and oxygen atoms in total. The molecule has 3 rings (SSSR count). The van der Waals surface area contributed by atoms with E-state index in [0.29, 0.717) is 17.7 Å². The monoisotopic (exact) mass is 422 g/mol. The van der Waals surface area contributed by atoms with Crippen LogP contribution in [0.3, 0.4) is 0 Å². The fourth-order valence-corrected chi connectivity index (χ4v) is 3.51. The van der Waals surface area contributed by atoms with Crippen molar-refractivity contribution in [2.45, 2.75) is 37.3 Å². The van der Waals surface area contributed by atoms with Gasteiger partial charge in [-0.25, -0.2) is 0 Å². The molecule has 0 aliphatic rings. The normalized spacial score (nSPS) is 11.5. The summed E-state index contributed by atoms with van der Waals surface area (Å²) in [6, 6.07) is 19.1. The van der Waals surface area contributed by atoms with Crippen molar-refractivity contribution in [3.63, 3.8) is 0 Å². The van der Waals surface area contributed by atoms with Gasteiger partial charge in [-0.2, -0.15) is 5.26 Å². The van der Waals surface area contributed by atoms with Gasteiger partial charge < -0.3 is 14.1 Å². The maximum Gasteiger partial charge on any atom is 0.277 e. The molecule has 1 unspecified atom stereocenters. The Labute approximate surface area is 179 Å². The highest BCUT2D eigenvalue weighted by Gasteiger charge is 2.24. The quantitative estimate of drug-likeness (QED) is 0.472. The summed E-state index contributed by atoms with van der Waals surface area (Å²) >= 11 is 1.18. The number of carbonyl (C=O) groups excluding carboxylic acids is 1. The lowest BCUT2D eigenvalue weighted by molar-refractivity contribution is -0.117. The van der Waals surface area contributed by atoms with Gasteiger partial charge in [-0.15, -0.1) is 10.2 Å². The smallest absolute Gasteiger partial charge is 0.277 e. The first kappa shape index (κ1) is 21.4. The molecular weight excluding hydrogens is 400 g/mol. The standard InChI is InChI=1S/C22H22N4O3S/c1-16-8-6-11-19(14-16)28-15-20-24-25-22(29-20)30-17(2)21(27)26(13-7-12-23)18-9-4-3-5-10-18/h3-6,8-11,14,17H,7,13,15H2,1-2H3. The van der Waals surface area contributed by atoms with E-state index in [2.05, 4.69) is 16.3 Å². The van der Waals surface area contributed by atoms with E-state index in [1.807, 2.05) is 61.5 Å². The third-order valence-electron chi connectivity index (χ3n) is 4.21. The summed E-state index contributed by atoms with van der Waals surface area (Å²) in [4.78, 5) is 14.6. The molecule has 0 bridgehead atoms. The van der Waals surface area contributed by atoms with Crippen LogP contribution in [0.25, 0.3) is 0 Å². The van der Waals surface area contributed by atoms with E-state index in [4.69, 9.17) is 14.4 Å².